The van der Waals surface area contributed by atoms with Gasteiger partial charge in [-0.05, 0) is 45.6 Å². The van der Waals surface area contributed by atoms with Crippen molar-refractivity contribution < 1.29 is 0 Å². The third-order valence-electron chi connectivity index (χ3n) is 2.23. The lowest BCUT2D eigenvalue weighted by molar-refractivity contribution is 1.18. The number of rotatable bonds is 3. The van der Waals surface area contributed by atoms with Crippen LogP contribution < -0.4 is 5.32 Å². The van der Waals surface area contributed by atoms with E-state index in [0.29, 0.717) is 17.1 Å². The number of nitriles is 1. The van der Waals surface area contributed by atoms with Crippen LogP contribution >= 0.6 is 38.9 Å². The van der Waals surface area contributed by atoms with Gasteiger partial charge < -0.3 is 5.32 Å². The number of nitrogens with zero attached hydrogens (tertiary/aromatic N) is 1. The second kappa shape index (κ2) is 5.54. The molecular weight excluding hydrogens is 320 g/mol. The Kier molecular flexibility index (Phi) is 4.06. The molecule has 1 N–H and O–H groups in total. The zero-order chi connectivity index (χ0) is 12.3. The summed E-state index contributed by atoms with van der Waals surface area (Å²) in [6, 6.07) is 9.30. The highest BCUT2D eigenvalue weighted by atomic mass is 79.9. The van der Waals surface area contributed by atoms with Crippen molar-refractivity contribution in [3.05, 3.63) is 49.6 Å². The molecule has 0 bridgehead atoms. The molecule has 0 unspecified atom stereocenters. The number of halogens is 2. The molecule has 0 fully saturated rings. The molecule has 0 aliphatic carbocycles. The Morgan fingerprint density at radius 3 is 2.82 bits per heavy atom. The second-order valence-electron chi connectivity index (χ2n) is 3.35. The first-order chi connectivity index (χ1) is 8.20. The van der Waals surface area contributed by atoms with Crippen LogP contribution in [0, 0.1) is 11.3 Å². The maximum Gasteiger partial charge on any atom is 0.0992 e. The van der Waals surface area contributed by atoms with E-state index in [4.69, 9.17) is 16.9 Å². The fraction of sp³-hybridized carbons (Fsp3) is 0.0833. The molecule has 0 radical (unpaired) electrons. The van der Waals surface area contributed by atoms with Crippen molar-refractivity contribution in [2.75, 3.05) is 5.32 Å². The van der Waals surface area contributed by atoms with Crippen LogP contribution in [0.3, 0.4) is 0 Å². The van der Waals surface area contributed by atoms with Crippen LogP contribution in [-0.4, -0.2) is 0 Å². The predicted octanol–water partition coefficient (Wildman–Crippen LogP) is 4.65. The number of benzene rings is 1. The van der Waals surface area contributed by atoms with Crippen LogP contribution in [-0.2, 0) is 6.54 Å². The van der Waals surface area contributed by atoms with Gasteiger partial charge in [-0.25, -0.2) is 0 Å². The minimum atomic E-state index is 0.566. The fourth-order valence-corrected chi connectivity index (χ4v) is 3.03. The minimum absolute atomic E-state index is 0.566. The summed E-state index contributed by atoms with van der Waals surface area (Å²) in [6.45, 7) is 0.712. The van der Waals surface area contributed by atoms with Crippen molar-refractivity contribution in [1.82, 2.24) is 0 Å². The average Bonchev–Trinajstić information content (AvgIpc) is 2.73. The lowest BCUT2D eigenvalue weighted by Gasteiger charge is -2.07. The topological polar surface area (TPSA) is 35.8 Å². The first kappa shape index (κ1) is 12.4. The van der Waals surface area contributed by atoms with E-state index in [-0.39, 0.29) is 0 Å². The van der Waals surface area contributed by atoms with Gasteiger partial charge in [0.25, 0.3) is 0 Å². The van der Waals surface area contributed by atoms with Gasteiger partial charge in [0, 0.05) is 9.35 Å². The maximum atomic E-state index is 8.74. The third-order valence-corrected chi connectivity index (χ3v) is 4.47. The molecule has 17 heavy (non-hydrogen) atoms. The summed E-state index contributed by atoms with van der Waals surface area (Å²) in [6.07, 6.45) is 0. The molecule has 0 spiro atoms. The second-order valence-corrected chi connectivity index (χ2v) is 5.61. The van der Waals surface area contributed by atoms with Crippen molar-refractivity contribution in [2.24, 2.45) is 0 Å². The zero-order valence-electron chi connectivity index (χ0n) is 8.71. The average molecular weight is 328 g/mol. The maximum absolute atomic E-state index is 8.74. The Morgan fingerprint density at radius 2 is 2.24 bits per heavy atom. The van der Waals surface area contributed by atoms with Crippen LogP contribution in [0.15, 0.2) is 34.1 Å². The van der Waals surface area contributed by atoms with Gasteiger partial charge in [-0.15, -0.1) is 11.3 Å². The van der Waals surface area contributed by atoms with Gasteiger partial charge in [0.15, 0.2) is 0 Å². The molecular formula is C12H8BrClN2S. The van der Waals surface area contributed by atoms with Crippen molar-refractivity contribution in [3.8, 4) is 6.07 Å². The van der Waals surface area contributed by atoms with Crippen LogP contribution in [0.4, 0.5) is 5.69 Å². The third kappa shape index (κ3) is 3.01. The first-order valence-electron chi connectivity index (χ1n) is 4.86. The Morgan fingerprint density at radius 1 is 1.41 bits per heavy atom. The standard InChI is InChI=1S/C12H8BrClN2S/c13-9-3-4-17-12(9)7-16-11-2-1-8(6-15)5-10(11)14/h1-5,16H,7H2. The monoisotopic (exact) mass is 326 g/mol. The molecule has 86 valence electrons. The lowest BCUT2D eigenvalue weighted by Crippen LogP contribution is -1.98. The van der Waals surface area contributed by atoms with Gasteiger partial charge in [0.2, 0.25) is 0 Å². The smallest absolute Gasteiger partial charge is 0.0992 e. The number of hydrogen-bond acceptors (Lipinski definition) is 3. The molecule has 2 nitrogen and oxygen atoms in total. The first-order valence-corrected chi connectivity index (χ1v) is 6.91. The van der Waals surface area contributed by atoms with E-state index in [9.17, 15) is 0 Å². The fourth-order valence-electron chi connectivity index (χ4n) is 1.35. The molecule has 0 atom stereocenters. The zero-order valence-corrected chi connectivity index (χ0v) is 11.9. The molecule has 2 aromatic rings. The number of hydrogen-bond donors (Lipinski definition) is 1. The van der Waals surface area contributed by atoms with Gasteiger partial charge in [-0.2, -0.15) is 5.26 Å². The highest BCUT2D eigenvalue weighted by Crippen LogP contribution is 2.26. The summed E-state index contributed by atoms with van der Waals surface area (Å²) >= 11 is 11.2. The molecule has 0 amide bonds. The molecule has 0 aliphatic heterocycles. The van der Waals surface area contributed by atoms with Gasteiger partial charge in [-0.3, -0.25) is 0 Å². The molecule has 2 rings (SSSR count). The predicted molar refractivity (Wildman–Crippen MR) is 75.5 cm³/mol. The molecule has 0 aliphatic rings. The normalized spacial score (nSPS) is 9.94. The summed E-state index contributed by atoms with van der Waals surface area (Å²) in [5, 5.41) is 14.6. The Hall–Kier alpha value is -1.02. The van der Waals surface area contributed by atoms with Gasteiger partial charge >= 0.3 is 0 Å². The molecule has 5 heteroatoms. The van der Waals surface area contributed by atoms with E-state index in [1.807, 2.05) is 17.5 Å². The van der Waals surface area contributed by atoms with Gasteiger partial charge in [0.05, 0.1) is 28.9 Å². The van der Waals surface area contributed by atoms with Crippen molar-refractivity contribution in [1.29, 1.82) is 5.26 Å². The summed E-state index contributed by atoms with van der Waals surface area (Å²) in [5.41, 5.74) is 1.41. The Balaban J connectivity index is 2.10. The van der Waals surface area contributed by atoms with Crippen LogP contribution in [0.25, 0.3) is 0 Å². The van der Waals surface area contributed by atoms with Crippen LogP contribution in [0.2, 0.25) is 5.02 Å². The molecule has 0 saturated heterocycles. The SMILES string of the molecule is N#Cc1ccc(NCc2sccc2Br)c(Cl)c1. The van der Waals surface area contributed by atoms with E-state index in [0.717, 1.165) is 10.2 Å². The van der Waals surface area contributed by atoms with Gasteiger partial charge in [0.1, 0.15) is 0 Å². The minimum Gasteiger partial charge on any atom is -0.379 e. The summed E-state index contributed by atoms with van der Waals surface area (Å²) < 4.78 is 1.10. The highest BCUT2D eigenvalue weighted by Gasteiger charge is 2.04. The van der Waals surface area contributed by atoms with E-state index in [1.165, 1.54) is 4.88 Å². The van der Waals surface area contributed by atoms with Gasteiger partial charge in [-0.1, -0.05) is 11.6 Å². The van der Waals surface area contributed by atoms with E-state index >= 15 is 0 Å². The molecule has 0 saturated carbocycles. The Bertz CT molecular complexity index is 574. The van der Waals surface area contributed by atoms with E-state index in [2.05, 4.69) is 27.3 Å². The van der Waals surface area contributed by atoms with Crippen molar-refractivity contribution in [2.45, 2.75) is 6.54 Å². The number of nitrogens with one attached hydrogen (secondary N) is 1. The van der Waals surface area contributed by atoms with Crippen molar-refractivity contribution >= 4 is 44.6 Å². The van der Waals surface area contributed by atoms with E-state index < -0.39 is 0 Å². The van der Waals surface area contributed by atoms with Crippen LogP contribution in [0.1, 0.15) is 10.4 Å². The quantitative estimate of drug-likeness (QED) is 0.891. The van der Waals surface area contributed by atoms with Crippen molar-refractivity contribution in [3.63, 3.8) is 0 Å². The molecule has 1 aromatic heterocycles. The number of anilines is 1. The highest BCUT2D eigenvalue weighted by molar-refractivity contribution is 9.10. The summed E-state index contributed by atoms with van der Waals surface area (Å²) in [4.78, 5) is 1.21. The number of thiophene rings is 1. The van der Waals surface area contributed by atoms with Crippen LogP contribution in [0.5, 0.6) is 0 Å². The molecule has 1 heterocycles. The van der Waals surface area contributed by atoms with E-state index in [1.54, 1.807) is 23.5 Å². The Labute approximate surface area is 117 Å². The summed E-state index contributed by atoms with van der Waals surface area (Å²) in [7, 11) is 0. The lowest BCUT2D eigenvalue weighted by atomic mass is 10.2. The molecule has 1 aromatic carbocycles. The largest absolute Gasteiger partial charge is 0.379 e. The summed E-state index contributed by atoms with van der Waals surface area (Å²) in [5.74, 6) is 0.